The van der Waals surface area contributed by atoms with Gasteiger partial charge >= 0.3 is 0 Å². The lowest BCUT2D eigenvalue weighted by Gasteiger charge is -2.35. The van der Waals surface area contributed by atoms with Gasteiger partial charge < -0.3 is 0 Å². The van der Waals surface area contributed by atoms with E-state index in [0.29, 0.717) is 17.6 Å². The van der Waals surface area contributed by atoms with Gasteiger partial charge in [0.25, 0.3) is 0 Å². The highest BCUT2D eigenvalue weighted by atomic mass is 16.1. The fraction of sp³-hybridized carbons (Fsp3) is 0.727. The maximum absolute atomic E-state index is 11.6. The molecule has 0 spiro atoms. The Bertz CT molecular complexity index is 237. The van der Waals surface area contributed by atoms with Crippen molar-refractivity contribution < 1.29 is 4.79 Å². The van der Waals surface area contributed by atoms with Crippen LogP contribution in [-0.4, -0.2) is 5.78 Å². The highest BCUT2D eigenvalue weighted by Gasteiger charge is 2.43. The molecule has 12 heavy (non-hydrogen) atoms. The van der Waals surface area contributed by atoms with Gasteiger partial charge in [0.2, 0.25) is 0 Å². The zero-order valence-electron chi connectivity index (χ0n) is 7.84. The number of fused-ring (bicyclic) bond motifs is 1. The molecule has 66 valence electrons. The Labute approximate surface area is 73.8 Å². The van der Waals surface area contributed by atoms with E-state index in [1.54, 1.807) is 6.08 Å². The Morgan fingerprint density at radius 3 is 2.92 bits per heavy atom. The first-order valence-electron chi connectivity index (χ1n) is 4.85. The van der Waals surface area contributed by atoms with E-state index in [9.17, 15) is 4.79 Å². The van der Waals surface area contributed by atoms with Crippen LogP contribution in [0.3, 0.4) is 0 Å². The van der Waals surface area contributed by atoms with Crippen molar-refractivity contribution in [3.63, 3.8) is 0 Å². The van der Waals surface area contributed by atoms with E-state index in [2.05, 4.69) is 19.9 Å². The monoisotopic (exact) mass is 164 g/mol. The molecule has 0 heterocycles. The van der Waals surface area contributed by atoms with E-state index in [1.165, 1.54) is 19.3 Å². The zero-order valence-corrected chi connectivity index (χ0v) is 7.84. The van der Waals surface area contributed by atoms with Crippen LogP contribution in [0.4, 0.5) is 0 Å². The molecule has 0 aromatic rings. The summed E-state index contributed by atoms with van der Waals surface area (Å²) in [5.41, 5.74) is -0.0874. The minimum Gasteiger partial charge on any atom is -0.294 e. The van der Waals surface area contributed by atoms with E-state index in [-0.39, 0.29) is 5.41 Å². The Balaban J connectivity index is 2.34. The first-order valence-corrected chi connectivity index (χ1v) is 4.85. The van der Waals surface area contributed by atoms with Crippen molar-refractivity contribution in [3.05, 3.63) is 12.2 Å². The molecule has 2 rings (SSSR count). The molecular weight excluding hydrogens is 148 g/mol. The SMILES string of the molecule is CC1(C)C(=O)C=C[C@H]2CCC[C@@H]21. The summed E-state index contributed by atoms with van der Waals surface area (Å²) in [5, 5.41) is 0. The van der Waals surface area contributed by atoms with Crippen molar-refractivity contribution in [1.29, 1.82) is 0 Å². The lowest BCUT2D eigenvalue weighted by atomic mass is 9.67. The lowest BCUT2D eigenvalue weighted by molar-refractivity contribution is -0.126. The van der Waals surface area contributed by atoms with Crippen LogP contribution in [0.25, 0.3) is 0 Å². The molecule has 1 nitrogen and oxygen atoms in total. The largest absolute Gasteiger partial charge is 0.294 e. The number of allylic oxidation sites excluding steroid dienone is 2. The van der Waals surface area contributed by atoms with Crippen molar-refractivity contribution >= 4 is 5.78 Å². The van der Waals surface area contributed by atoms with Gasteiger partial charge in [-0.05, 0) is 30.8 Å². The average molecular weight is 164 g/mol. The Kier molecular flexibility index (Phi) is 1.64. The van der Waals surface area contributed by atoms with Gasteiger partial charge in [-0.1, -0.05) is 26.3 Å². The summed E-state index contributed by atoms with van der Waals surface area (Å²) in [5.74, 6) is 1.64. The third kappa shape index (κ3) is 0.954. The third-order valence-electron chi connectivity index (χ3n) is 3.63. The molecule has 0 bridgehead atoms. The fourth-order valence-corrected chi connectivity index (χ4v) is 2.72. The van der Waals surface area contributed by atoms with Gasteiger partial charge in [0.15, 0.2) is 5.78 Å². The van der Waals surface area contributed by atoms with Crippen LogP contribution in [0.2, 0.25) is 0 Å². The van der Waals surface area contributed by atoms with Crippen LogP contribution in [0.1, 0.15) is 33.1 Å². The quantitative estimate of drug-likeness (QED) is 0.537. The molecule has 0 unspecified atom stereocenters. The molecule has 0 aromatic heterocycles. The minimum atomic E-state index is -0.0874. The molecule has 0 radical (unpaired) electrons. The first-order chi connectivity index (χ1) is 5.62. The summed E-state index contributed by atoms with van der Waals surface area (Å²) in [7, 11) is 0. The zero-order chi connectivity index (χ0) is 8.77. The van der Waals surface area contributed by atoms with E-state index >= 15 is 0 Å². The summed E-state index contributed by atoms with van der Waals surface area (Å²) in [4.78, 5) is 11.6. The predicted molar refractivity (Wildman–Crippen MR) is 48.8 cm³/mol. The van der Waals surface area contributed by atoms with Gasteiger partial charge in [-0.25, -0.2) is 0 Å². The van der Waals surface area contributed by atoms with Gasteiger partial charge in [-0.3, -0.25) is 4.79 Å². The highest BCUT2D eigenvalue weighted by molar-refractivity contribution is 5.95. The van der Waals surface area contributed by atoms with Gasteiger partial charge in [-0.2, -0.15) is 0 Å². The average Bonchev–Trinajstić information content (AvgIpc) is 2.46. The Morgan fingerprint density at radius 2 is 2.17 bits per heavy atom. The molecule has 1 fully saturated rings. The normalized spacial score (nSPS) is 38.3. The van der Waals surface area contributed by atoms with Crippen LogP contribution in [0, 0.1) is 17.3 Å². The van der Waals surface area contributed by atoms with E-state index in [1.807, 2.05) is 0 Å². The maximum Gasteiger partial charge on any atom is 0.161 e. The van der Waals surface area contributed by atoms with E-state index in [4.69, 9.17) is 0 Å². The summed E-state index contributed by atoms with van der Waals surface area (Å²) >= 11 is 0. The van der Waals surface area contributed by atoms with E-state index in [0.717, 1.165) is 0 Å². The molecule has 2 atom stereocenters. The van der Waals surface area contributed by atoms with Crippen molar-refractivity contribution in [2.24, 2.45) is 17.3 Å². The molecule has 1 saturated carbocycles. The summed E-state index contributed by atoms with van der Waals surface area (Å²) < 4.78 is 0. The van der Waals surface area contributed by atoms with Crippen LogP contribution in [-0.2, 0) is 4.79 Å². The van der Waals surface area contributed by atoms with Gasteiger partial charge in [-0.15, -0.1) is 0 Å². The van der Waals surface area contributed by atoms with Crippen LogP contribution < -0.4 is 0 Å². The number of hydrogen-bond donors (Lipinski definition) is 0. The number of hydrogen-bond acceptors (Lipinski definition) is 1. The summed E-state index contributed by atoms with van der Waals surface area (Å²) in [6, 6.07) is 0. The maximum atomic E-state index is 11.6. The summed E-state index contributed by atoms with van der Waals surface area (Å²) in [6.45, 7) is 4.20. The number of carbonyl (C=O) groups excluding carboxylic acids is 1. The molecule has 0 N–H and O–H groups in total. The molecule has 0 amide bonds. The molecule has 1 heteroatoms. The molecule has 0 aliphatic heterocycles. The van der Waals surface area contributed by atoms with Crippen LogP contribution >= 0.6 is 0 Å². The van der Waals surface area contributed by atoms with Crippen molar-refractivity contribution in [2.75, 3.05) is 0 Å². The number of rotatable bonds is 0. The molecular formula is C11H16O. The molecule has 0 aromatic carbocycles. The summed E-state index contributed by atoms with van der Waals surface area (Å²) in [6.07, 6.45) is 7.76. The number of ketones is 1. The third-order valence-corrected chi connectivity index (χ3v) is 3.63. The lowest BCUT2D eigenvalue weighted by Crippen LogP contribution is -2.36. The Hall–Kier alpha value is -0.590. The van der Waals surface area contributed by atoms with Gasteiger partial charge in [0.05, 0.1) is 0 Å². The van der Waals surface area contributed by atoms with E-state index < -0.39 is 0 Å². The molecule has 2 aliphatic rings. The van der Waals surface area contributed by atoms with Crippen LogP contribution in [0.5, 0.6) is 0 Å². The van der Waals surface area contributed by atoms with Gasteiger partial charge in [0, 0.05) is 5.41 Å². The standard InChI is InChI=1S/C11H16O/c1-11(2)9-5-3-4-8(9)6-7-10(11)12/h6-9H,3-5H2,1-2H3/t8-,9+/m1/s1. The number of carbonyl (C=O) groups is 1. The topological polar surface area (TPSA) is 17.1 Å². The second-order valence-corrected chi connectivity index (χ2v) is 4.65. The van der Waals surface area contributed by atoms with Crippen molar-refractivity contribution in [2.45, 2.75) is 33.1 Å². The van der Waals surface area contributed by atoms with Crippen molar-refractivity contribution in [1.82, 2.24) is 0 Å². The fourth-order valence-electron chi connectivity index (χ4n) is 2.72. The second kappa shape index (κ2) is 2.45. The second-order valence-electron chi connectivity index (χ2n) is 4.65. The predicted octanol–water partition coefficient (Wildman–Crippen LogP) is 2.57. The smallest absolute Gasteiger partial charge is 0.161 e. The highest BCUT2D eigenvalue weighted by Crippen LogP contribution is 2.47. The van der Waals surface area contributed by atoms with Crippen LogP contribution in [0.15, 0.2) is 12.2 Å². The Morgan fingerprint density at radius 1 is 1.42 bits per heavy atom. The molecule has 0 saturated heterocycles. The van der Waals surface area contributed by atoms with Gasteiger partial charge in [0.1, 0.15) is 0 Å². The molecule has 2 aliphatic carbocycles. The minimum absolute atomic E-state index is 0.0874. The van der Waals surface area contributed by atoms with Crippen molar-refractivity contribution in [3.8, 4) is 0 Å². The first kappa shape index (κ1) is 8.03.